The van der Waals surface area contributed by atoms with Gasteiger partial charge >= 0.3 is 5.97 Å². The highest BCUT2D eigenvalue weighted by atomic mass is 16.7. The Kier molecular flexibility index (Phi) is 10.6. The van der Waals surface area contributed by atoms with Gasteiger partial charge in [-0.25, -0.2) is 4.79 Å². The van der Waals surface area contributed by atoms with Gasteiger partial charge in [0.1, 0.15) is 17.9 Å². The first-order chi connectivity index (χ1) is 21.3. The molecular weight excluding hydrogens is 578 g/mol. The Bertz CT molecular complexity index is 1370. The van der Waals surface area contributed by atoms with Gasteiger partial charge in [-0.15, -0.1) is 0 Å². The van der Waals surface area contributed by atoms with Crippen LogP contribution in [0.3, 0.4) is 0 Å². The second kappa shape index (κ2) is 13.9. The minimum absolute atomic E-state index is 0.00202. The molecule has 1 heterocycles. The number of nitrogens with one attached hydrogen (secondary N) is 2. The maximum absolute atomic E-state index is 13.9. The van der Waals surface area contributed by atoms with Crippen LogP contribution in [0.2, 0.25) is 0 Å². The number of amides is 2. The van der Waals surface area contributed by atoms with Gasteiger partial charge in [0.25, 0.3) is 5.91 Å². The number of carboxylic acids is 1. The molecule has 0 spiro atoms. The number of allylic oxidation sites excluding steroid dienone is 3. The monoisotopic (exact) mass is 625 g/mol. The topological polar surface area (TPSA) is 158 Å². The Morgan fingerprint density at radius 2 is 1.87 bits per heavy atom. The molecule has 4 fully saturated rings. The number of fused-ring (bicyclic) bond motifs is 2. The van der Waals surface area contributed by atoms with E-state index in [1.54, 1.807) is 25.1 Å². The summed E-state index contributed by atoms with van der Waals surface area (Å²) in [4.78, 5) is 44.3. The summed E-state index contributed by atoms with van der Waals surface area (Å²) in [5.74, 6) is -0.925. The molecular formula is C34H47N3O8. The van der Waals surface area contributed by atoms with E-state index in [1.807, 2.05) is 0 Å². The summed E-state index contributed by atoms with van der Waals surface area (Å²) in [6, 6.07) is 3.39. The number of carbonyl (C=O) groups is 3. The van der Waals surface area contributed by atoms with Gasteiger partial charge in [-0.05, 0) is 72.8 Å². The van der Waals surface area contributed by atoms with Crippen molar-refractivity contribution >= 4 is 23.4 Å². The second-order valence-corrected chi connectivity index (χ2v) is 13.0. The van der Waals surface area contributed by atoms with Crippen molar-refractivity contribution in [2.75, 3.05) is 27.3 Å². The number of aliphatic hydroxyl groups excluding tert-OH is 2. The molecule has 45 heavy (non-hydrogen) atoms. The summed E-state index contributed by atoms with van der Waals surface area (Å²) in [6.45, 7) is 11.8. The molecule has 1 aliphatic heterocycles. The largest absolute Gasteiger partial charge is 0.496 e. The van der Waals surface area contributed by atoms with Crippen LogP contribution in [0.5, 0.6) is 0 Å². The van der Waals surface area contributed by atoms with E-state index in [2.05, 4.69) is 38.0 Å². The normalized spacial score (nSPS) is 30.2. The van der Waals surface area contributed by atoms with Crippen molar-refractivity contribution in [3.63, 3.8) is 0 Å². The average molecular weight is 626 g/mol. The van der Waals surface area contributed by atoms with E-state index in [4.69, 9.17) is 9.57 Å². The number of carbonyl (C=O) groups excluding carboxylic acids is 2. The van der Waals surface area contributed by atoms with Gasteiger partial charge in [0.05, 0.1) is 25.4 Å². The van der Waals surface area contributed by atoms with Crippen molar-refractivity contribution in [1.29, 1.82) is 0 Å². The van der Waals surface area contributed by atoms with Crippen molar-refractivity contribution in [2.45, 2.75) is 64.8 Å². The fraction of sp³-hybridized carbons (Fsp3) is 0.559. The number of carboxylic acid groups (broad SMARTS) is 1. The molecule has 5 rings (SSSR count). The Balaban J connectivity index is 1.64. The molecule has 1 saturated heterocycles. The van der Waals surface area contributed by atoms with E-state index in [9.17, 15) is 29.7 Å². The van der Waals surface area contributed by atoms with Crippen LogP contribution in [0.15, 0.2) is 48.8 Å². The first-order valence-corrected chi connectivity index (χ1v) is 15.5. The predicted octanol–water partition coefficient (Wildman–Crippen LogP) is 3.00. The average Bonchev–Trinajstić information content (AvgIpc) is 3.39. The molecule has 3 aliphatic carbocycles. The summed E-state index contributed by atoms with van der Waals surface area (Å²) in [7, 11) is 2.91. The number of benzene rings is 1. The van der Waals surface area contributed by atoms with E-state index in [-0.39, 0.29) is 41.6 Å². The van der Waals surface area contributed by atoms with Crippen LogP contribution in [0, 0.1) is 29.1 Å². The Labute approximate surface area is 264 Å². The lowest BCUT2D eigenvalue weighted by Crippen LogP contribution is -2.62. The number of methoxy groups -OCH3 is 1. The standard InChI is InChI=1S/C34H47N3O8/c1-8-9-24(20-12-21(31(40)35-6)14-22(13-20)33(42)43)27(44-7)10-11-37-30(29(19(3)39)28(17-38)45-37)32(41)36-26-16-23-15-25(18(26)2)34(23,4)5/h8-10,12-14,18-19,23,25-26,28-30,38-39H,1,11,15-17H2,2-7H3,(H,35,40)(H,36,41)(H,42,43)/b24-9-,27-10-/t18-,19-,23+,25-,26-,28-,29+,30-/m0/s1. The highest BCUT2D eigenvalue weighted by Crippen LogP contribution is 2.61. The molecule has 2 amide bonds. The molecule has 2 bridgehead atoms. The van der Waals surface area contributed by atoms with E-state index in [0.717, 1.165) is 6.42 Å². The Hall–Kier alpha value is -3.51. The van der Waals surface area contributed by atoms with Gasteiger partial charge < -0.3 is 30.7 Å². The van der Waals surface area contributed by atoms with Crippen LogP contribution >= 0.6 is 0 Å². The summed E-state index contributed by atoms with van der Waals surface area (Å²) in [5.41, 5.74) is 1.18. The number of hydrogen-bond acceptors (Lipinski definition) is 8. The van der Waals surface area contributed by atoms with E-state index < -0.39 is 36.0 Å². The van der Waals surface area contributed by atoms with E-state index >= 15 is 0 Å². The number of hydroxylamine groups is 2. The molecule has 5 N–H and O–H groups in total. The Morgan fingerprint density at radius 1 is 1.20 bits per heavy atom. The number of ether oxygens (including phenoxy) is 1. The molecule has 0 radical (unpaired) electrons. The molecule has 8 atom stereocenters. The fourth-order valence-corrected chi connectivity index (χ4v) is 7.60. The Morgan fingerprint density at radius 3 is 2.40 bits per heavy atom. The second-order valence-electron chi connectivity index (χ2n) is 13.0. The molecule has 0 aromatic heterocycles. The third-order valence-corrected chi connectivity index (χ3v) is 10.3. The predicted molar refractivity (Wildman–Crippen MR) is 169 cm³/mol. The third kappa shape index (κ3) is 6.72. The highest BCUT2D eigenvalue weighted by Gasteiger charge is 2.57. The molecule has 3 saturated carbocycles. The third-order valence-electron chi connectivity index (χ3n) is 10.3. The van der Waals surface area contributed by atoms with Crippen LogP contribution in [0.4, 0.5) is 0 Å². The molecule has 4 aliphatic rings. The SMILES string of the molecule is C=C/C=C(\C(=C\CN1O[C@@H](CO)[C@@H]([C@H](C)O)[C@H]1C(=O)N[C@H]1C[C@H]2C[C@@H]([C@@H]1C)C2(C)C)OC)c1cc(C(=O)O)cc(C(=O)NC)c1. The quantitative estimate of drug-likeness (QED) is 0.174. The first kappa shape index (κ1) is 34.4. The van der Waals surface area contributed by atoms with Gasteiger partial charge in [0, 0.05) is 36.7 Å². The maximum atomic E-state index is 13.9. The molecule has 11 heteroatoms. The summed E-state index contributed by atoms with van der Waals surface area (Å²) in [6.07, 6.45) is 5.13. The minimum Gasteiger partial charge on any atom is -0.496 e. The van der Waals surface area contributed by atoms with Crippen LogP contribution in [0.25, 0.3) is 5.57 Å². The van der Waals surface area contributed by atoms with Crippen LogP contribution in [-0.2, 0) is 14.4 Å². The number of hydrogen-bond donors (Lipinski definition) is 5. The zero-order chi connectivity index (χ0) is 33.2. The number of aliphatic hydroxyl groups is 2. The lowest BCUT2D eigenvalue weighted by Gasteiger charge is -2.62. The smallest absolute Gasteiger partial charge is 0.335 e. The van der Waals surface area contributed by atoms with Crippen LogP contribution in [0.1, 0.15) is 66.8 Å². The number of nitrogens with zero attached hydrogens (tertiary/aromatic N) is 1. The molecule has 0 unspecified atom stereocenters. The molecule has 1 aromatic carbocycles. The fourth-order valence-electron chi connectivity index (χ4n) is 7.60. The first-order valence-electron chi connectivity index (χ1n) is 15.5. The van der Waals surface area contributed by atoms with Crippen LogP contribution < -0.4 is 10.6 Å². The van der Waals surface area contributed by atoms with Crippen molar-refractivity contribution in [1.82, 2.24) is 15.7 Å². The summed E-state index contributed by atoms with van der Waals surface area (Å²) in [5, 5.41) is 37.8. The van der Waals surface area contributed by atoms with Gasteiger partial charge in [-0.1, -0.05) is 39.5 Å². The zero-order valence-electron chi connectivity index (χ0n) is 26.9. The lowest BCUT2D eigenvalue weighted by molar-refractivity contribution is -0.172. The van der Waals surface area contributed by atoms with Crippen molar-refractivity contribution in [3.8, 4) is 0 Å². The van der Waals surface area contributed by atoms with E-state index in [1.165, 1.54) is 43.9 Å². The zero-order valence-corrected chi connectivity index (χ0v) is 26.9. The van der Waals surface area contributed by atoms with Crippen molar-refractivity contribution in [3.05, 3.63) is 65.5 Å². The van der Waals surface area contributed by atoms with Gasteiger partial charge in [0.2, 0.25) is 5.91 Å². The highest BCUT2D eigenvalue weighted by molar-refractivity contribution is 5.99. The number of aromatic carboxylic acids is 1. The van der Waals surface area contributed by atoms with Gasteiger partial charge in [0.15, 0.2) is 0 Å². The van der Waals surface area contributed by atoms with Gasteiger partial charge in [-0.2, -0.15) is 5.06 Å². The van der Waals surface area contributed by atoms with E-state index in [0.29, 0.717) is 34.6 Å². The van der Waals surface area contributed by atoms with Crippen LogP contribution in [-0.4, -0.2) is 89.8 Å². The lowest BCUT2D eigenvalue weighted by atomic mass is 9.45. The summed E-state index contributed by atoms with van der Waals surface area (Å²) >= 11 is 0. The van der Waals surface area contributed by atoms with Crippen molar-refractivity contribution in [2.24, 2.45) is 29.1 Å². The summed E-state index contributed by atoms with van der Waals surface area (Å²) < 4.78 is 5.72. The van der Waals surface area contributed by atoms with Crippen molar-refractivity contribution < 1.29 is 39.3 Å². The minimum atomic E-state index is -1.20. The maximum Gasteiger partial charge on any atom is 0.335 e. The molecule has 1 aromatic rings. The van der Waals surface area contributed by atoms with Gasteiger partial charge in [-0.3, -0.25) is 14.4 Å². The molecule has 246 valence electrons. The number of rotatable bonds is 12. The molecule has 11 nitrogen and oxygen atoms in total.